The molecule has 0 radical (unpaired) electrons. The van der Waals surface area contributed by atoms with E-state index in [1.54, 1.807) is 12.0 Å². The van der Waals surface area contributed by atoms with E-state index < -0.39 is 0 Å². The standard InChI is InChI=1S/C22H29N3OS/c1-16-6-7-17(2)20(14-16)24-22(27)23-15-21(25-12-4-5-13-25)18-8-10-19(26-3)11-9-18/h6-11,14,21H,4-5,12-13,15H2,1-3H3,(H2,23,24,27)/p+1/t21-/m1/s1. The number of likely N-dealkylation sites (tertiary alicyclic amines) is 1. The summed E-state index contributed by atoms with van der Waals surface area (Å²) in [6, 6.07) is 15.2. The maximum Gasteiger partial charge on any atom is 0.171 e. The molecule has 0 aromatic heterocycles. The Morgan fingerprint density at radius 3 is 2.48 bits per heavy atom. The average molecular weight is 385 g/mol. The molecule has 0 saturated carbocycles. The smallest absolute Gasteiger partial charge is 0.171 e. The number of benzene rings is 2. The summed E-state index contributed by atoms with van der Waals surface area (Å²) in [5.41, 5.74) is 4.82. The molecule has 4 nitrogen and oxygen atoms in total. The molecule has 0 amide bonds. The van der Waals surface area contributed by atoms with Crippen molar-refractivity contribution in [3.8, 4) is 5.75 Å². The summed E-state index contributed by atoms with van der Waals surface area (Å²) in [4.78, 5) is 1.63. The van der Waals surface area contributed by atoms with Crippen LogP contribution >= 0.6 is 12.2 Å². The molecular weight excluding hydrogens is 354 g/mol. The Bertz CT molecular complexity index is 770. The fourth-order valence-corrected chi connectivity index (χ4v) is 3.94. The Balaban J connectivity index is 1.66. The predicted octanol–water partition coefficient (Wildman–Crippen LogP) is 3.02. The normalized spacial score (nSPS) is 15.4. The van der Waals surface area contributed by atoms with Gasteiger partial charge >= 0.3 is 0 Å². The molecule has 0 bridgehead atoms. The van der Waals surface area contributed by atoms with Crippen LogP contribution in [0.1, 0.15) is 35.6 Å². The van der Waals surface area contributed by atoms with Gasteiger partial charge in [0.25, 0.3) is 0 Å². The molecule has 1 heterocycles. The van der Waals surface area contributed by atoms with Gasteiger partial charge < -0.3 is 20.3 Å². The topological polar surface area (TPSA) is 37.7 Å². The van der Waals surface area contributed by atoms with Crippen molar-refractivity contribution in [1.29, 1.82) is 0 Å². The third-order valence-corrected chi connectivity index (χ3v) is 5.61. The Kier molecular flexibility index (Phi) is 6.69. The Morgan fingerprint density at radius 1 is 1.11 bits per heavy atom. The van der Waals surface area contributed by atoms with E-state index in [0.29, 0.717) is 11.2 Å². The molecule has 2 aromatic rings. The quantitative estimate of drug-likeness (QED) is 0.670. The first kappa shape index (κ1) is 19.6. The lowest BCUT2D eigenvalue weighted by atomic mass is 10.1. The first-order valence-electron chi connectivity index (χ1n) is 9.67. The number of thiocarbonyl (C=S) groups is 1. The highest BCUT2D eigenvalue weighted by Crippen LogP contribution is 2.18. The van der Waals surface area contributed by atoms with Crippen molar-refractivity contribution in [2.24, 2.45) is 0 Å². The van der Waals surface area contributed by atoms with Crippen LogP contribution in [0, 0.1) is 13.8 Å². The van der Waals surface area contributed by atoms with Gasteiger partial charge in [-0.15, -0.1) is 0 Å². The number of anilines is 1. The van der Waals surface area contributed by atoms with Gasteiger partial charge in [0.15, 0.2) is 5.11 Å². The predicted molar refractivity (Wildman–Crippen MR) is 116 cm³/mol. The Labute approximate surface area is 167 Å². The van der Waals surface area contributed by atoms with E-state index in [2.05, 4.69) is 54.8 Å². The molecular formula is C22H30N3OS+. The third-order valence-electron chi connectivity index (χ3n) is 5.36. The van der Waals surface area contributed by atoms with Gasteiger partial charge in [-0.1, -0.05) is 12.1 Å². The minimum absolute atomic E-state index is 0.386. The molecule has 3 N–H and O–H groups in total. The first-order chi connectivity index (χ1) is 13.1. The minimum atomic E-state index is 0.386. The van der Waals surface area contributed by atoms with Crippen molar-refractivity contribution in [2.45, 2.75) is 32.7 Å². The molecule has 3 rings (SSSR count). The number of methoxy groups -OCH3 is 1. The van der Waals surface area contributed by atoms with Gasteiger partial charge in [-0.3, -0.25) is 0 Å². The van der Waals surface area contributed by atoms with Crippen molar-refractivity contribution in [2.75, 3.05) is 32.1 Å². The van der Waals surface area contributed by atoms with E-state index in [1.165, 1.54) is 42.6 Å². The van der Waals surface area contributed by atoms with Crippen LogP contribution in [-0.4, -0.2) is 31.9 Å². The number of quaternary nitrogens is 1. The fraction of sp³-hybridized carbons (Fsp3) is 0.409. The Hall–Kier alpha value is -2.11. The molecule has 0 aliphatic carbocycles. The van der Waals surface area contributed by atoms with Crippen LogP contribution in [0.15, 0.2) is 42.5 Å². The van der Waals surface area contributed by atoms with E-state index >= 15 is 0 Å². The maximum absolute atomic E-state index is 5.57. The highest BCUT2D eigenvalue weighted by Gasteiger charge is 2.27. The lowest BCUT2D eigenvalue weighted by Gasteiger charge is -2.26. The summed E-state index contributed by atoms with van der Waals surface area (Å²) in [5.74, 6) is 0.897. The van der Waals surface area contributed by atoms with Gasteiger partial charge in [0.2, 0.25) is 0 Å². The van der Waals surface area contributed by atoms with Crippen molar-refractivity contribution >= 4 is 23.0 Å². The number of aryl methyl sites for hydroxylation is 2. The summed E-state index contributed by atoms with van der Waals surface area (Å²) >= 11 is 5.57. The molecule has 0 spiro atoms. The molecule has 0 unspecified atom stereocenters. The second-order valence-corrected chi connectivity index (χ2v) is 7.75. The largest absolute Gasteiger partial charge is 0.497 e. The highest BCUT2D eigenvalue weighted by molar-refractivity contribution is 7.80. The molecule has 144 valence electrons. The van der Waals surface area contributed by atoms with Gasteiger partial charge in [-0.2, -0.15) is 0 Å². The van der Waals surface area contributed by atoms with E-state index in [4.69, 9.17) is 17.0 Å². The zero-order chi connectivity index (χ0) is 19.2. The van der Waals surface area contributed by atoms with Crippen molar-refractivity contribution in [3.05, 3.63) is 59.2 Å². The summed E-state index contributed by atoms with van der Waals surface area (Å²) in [5, 5.41) is 7.49. The van der Waals surface area contributed by atoms with Crippen LogP contribution in [0.2, 0.25) is 0 Å². The van der Waals surface area contributed by atoms with Crippen LogP contribution < -0.4 is 20.3 Å². The van der Waals surface area contributed by atoms with E-state index in [9.17, 15) is 0 Å². The van der Waals surface area contributed by atoms with Crippen molar-refractivity contribution < 1.29 is 9.64 Å². The first-order valence-corrected chi connectivity index (χ1v) is 10.1. The molecule has 27 heavy (non-hydrogen) atoms. The lowest BCUT2D eigenvalue weighted by Crippen LogP contribution is -3.11. The molecule has 5 heteroatoms. The van der Waals surface area contributed by atoms with Gasteiger partial charge in [0, 0.05) is 24.1 Å². The summed E-state index contributed by atoms with van der Waals surface area (Å²) in [6.45, 7) is 7.44. The molecule has 1 atom stereocenters. The molecule has 1 saturated heterocycles. The zero-order valence-corrected chi connectivity index (χ0v) is 17.3. The molecule has 1 aliphatic heterocycles. The number of rotatable bonds is 6. The SMILES string of the molecule is COc1ccc([C@@H](CNC(=S)Nc2cc(C)ccc2C)[NH+]2CCCC2)cc1. The van der Waals surface area contributed by atoms with Crippen LogP contribution in [-0.2, 0) is 0 Å². The summed E-state index contributed by atoms with van der Waals surface area (Å²) in [7, 11) is 1.71. The fourth-order valence-electron chi connectivity index (χ4n) is 3.74. The molecule has 1 fully saturated rings. The third kappa shape index (κ3) is 5.21. The van der Waals surface area contributed by atoms with Gasteiger partial charge in [-0.25, -0.2) is 0 Å². The summed E-state index contributed by atoms with van der Waals surface area (Å²) < 4.78 is 5.31. The van der Waals surface area contributed by atoms with Crippen LogP contribution in [0.3, 0.4) is 0 Å². The van der Waals surface area contributed by atoms with E-state index in [1.807, 2.05) is 12.1 Å². The van der Waals surface area contributed by atoms with Crippen molar-refractivity contribution in [3.63, 3.8) is 0 Å². The van der Waals surface area contributed by atoms with Gasteiger partial charge in [0.05, 0.1) is 26.7 Å². The average Bonchev–Trinajstić information content (AvgIpc) is 3.20. The Morgan fingerprint density at radius 2 is 1.81 bits per heavy atom. The minimum Gasteiger partial charge on any atom is -0.497 e. The monoisotopic (exact) mass is 384 g/mol. The molecule has 1 aliphatic rings. The summed E-state index contributed by atoms with van der Waals surface area (Å²) in [6.07, 6.45) is 2.60. The number of ether oxygens (including phenoxy) is 1. The van der Waals surface area contributed by atoms with Crippen LogP contribution in [0.4, 0.5) is 5.69 Å². The van der Waals surface area contributed by atoms with Crippen LogP contribution in [0.5, 0.6) is 5.75 Å². The lowest BCUT2D eigenvalue weighted by molar-refractivity contribution is -0.918. The highest BCUT2D eigenvalue weighted by atomic mass is 32.1. The zero-order valence-electron chi connectivity index (χ0n) is 16.5. The van der Waals surface area contributed by atoms with Crippen LogP contribution in [0.25, 0.3) is 0 Å². The molecule has 2 aromatic carbocycles. The van der Waals surface area contributed by atoms with Crippen molar-refractivity contribution in [1.82, 2.24) is 5.32 Å². The van der Waals surface area contributed by atoms with E-state index in [0.717, 1.165) is 18.0 Å². The van der Waals surface area contributed by atoms with Gasteiger partial charge in [0.1, 0.15) is 11.8 Å². The van der Waals surface area contributed by atoms with E-state index in [-0.39, 0.29) is 0 Å². The second kappa shape index (κ2) is 9.20. The maximum atomic E-state index is 5.57. The number of hydrogen-bond acceptors (Lipinski definition) is 2. The number of nitrogens with one attached hydrogen (secondary N) is 3. The second-order valence-electron chi connectivity index (χ2n) is 7.34. The van der Waals surface area contributed by atoms with Gasteiger partial charge in [-0.05, 0) is 67.5 Å². The number of hydrogen-bond donors (Lipinski definition) is 3.